The molecule has 0 saturated carbocycles. The second kappa shape index (κ2) is 7.42. The van der Waals surface area contributed by atoms with Crippen LogP contribution in [0, 0.1) is 0 Å². The number of hydrogen-bond donors (Lipinski definition) is 2. The van der Waals surface area contributed by atoms with Gasteiger partial charge in [-0.05, 0) is 17.7 Å². The van der Waals surface area contributed by atoms with Crippen molar-refractivity contribution in [3.8, 4) is 0 Å². The molecule has 0 fully saturated rings. The SMILES string of the molecule is Nc1cccc(C(=O)C[n+]2ccc(NCc3ccccc3)cc2)c1. The third-order valence-electron chi connectivity index (χ3n) is 3.77. The van der Waals surface area contributed by atoms with Gasteiger partial charge in [0.25, 0.3) is 0 Å². The monoisotopic (exact) mass is 318 g/mol. The molecular weight excluding hydrogens is 298 g/mol. The highest BCUT2D eigenvalue weighted by Gasteiger charge is 2.12. The molecule has 4 nitrogen and oxygen atoms in total. The van der Waals surface area contributed by atoms with Crippen LogP contribution in [0.25, 0.3) is 0 Å². The Balaban J connectivity index is 1.59. The Bertz CT molecular complexity index is 814. The van der Waals surface area contributed by atoms with E-state index < -0.39 is 0 Å². The van der Waals surface area contributed by atoms with Crippen LogP contribution in [-0.4, -0.2) is 5.78 Å². The van der Waals surface area contributed by atoms with Gasteiger partial charge in [-0.2, -0.15) is 4.57 Å². The van der Waals surface area contributed by atoms with E-state index in [9.17, 15) is 4.79 Å². The van der Waals surface area contributed by atoms with Crippen LogP contribution >= 0.6 is 0 Å². The molecule has 0 aliphatic rings. The Morgan fingerprint density at radius 1 is 0.958 bits per heavy atom. The molecule has 0 radical (unpaired) electrons. The smallest absolute Gasteiger partial charge is 0.227 e. The van der Waals surface area contributed by atoms with Gasteiger partial charge in [-0.15, -0.1) is 0 Å². The zero-order chi connectivity index (χ0) is 16.8. The maximum absolute atomic E-state index is 12.3. The maximum Gasteiger partial charge on any atom is 0.227 e. The first kappa shape index (κ1) is 15.7. The summed E-state index contributed by atoms with van der Waals surface area (Å²) in [6, 6.07) is 21.2. The second-order valence-corrected chi connectivity index (χ2v) is 5.65. The molecule has 24 heavy (non-hydrogen) atoms. The molecular formula is C20H20N3O+. The number of carbonyl (C=O) groups excluding carboxylic acids is 1. The minimum absolute atomic E-state index is 0.0392. The zero-order valence-electron chi connectivity index (χ0n) is 13.4. The van der Waals surface area contributed by atoms with E-state index >= 15 is 0 Å². The lowest BCUT2D eigenvalue weighted by Crippen LogP contribution is -2.37. The summed E-state index contributed by atoms with van der Waals surface area (Å²) in [5.41, 5.74) is 9.21. The van der Waals surface area contributed by atoms with Crippen molar-refractivity contribution < 1.29 is 9.36 Å². The van der Waals surface area contributed by atoms with Crippen molar-refractivity contribution in [2.24, 2.45) is 0 Å². The summed E-state index contributed by atoms with van der Waals surface area (Å²) in [5, 5.41) is 3.37. The molecule has 0 atom stereocenters. The van der Waals surface area contributed by atoms with E-state index in [1.165, 1.54) is 5.56 Å². The van der Waals surface area contributed by atoms with Crippen molar-refractivity contribution in [2.75, 3.05) is 11.1 Å². The van der Waals surface area contributed by atoms with Gasteiger partial charge in [0.05, 0.1) is 0 Å². The highest BCUT2D eigenvalue weighted by molar-refractivity contribution is 5.95. The molecule has 0 bridgehead atoms. The molecule has 0 spiro atoms. The summed E-state index contributed by atoms with van der Waals surface area (Å²) >= 11 is 0. The first-order chi connectivity index (χ1) is 11.7. The van der Waals surface area contributed by atoms with E-state index in [4.69, 9.17) is 5.73 Å². The number of aromatic nitrogens is 1. The van der Waals surface area contributed by atoms with Gasteiger partial charge in [0.2, 0.25) is 12.3 Å². The fraction of sp³-hybridized carbons (Fsp3) is 0.100. The van der Waals surface area contributed by atoms with Gasteiger partial charge in [0.15, 0.2) is 12.4 Å². The van der Waals surface area contributed by atoms with Gasteiger partial charge >= 0.3 is 0 Å². The highest BCUT2D eigenvalue weighted by atomic mass is 16.1. The molecule has 2 aromatic carbocycles. The van der Waals surface area contributed by atoms with Crippen LogP contribution in [0.3, 0.4) is 0 Å². The summed E-state index contributed by atoms with van der Waals surface area (Å²) < 4.78 is 1.86. The number of nitrogen functional groups attached to an aromatic ring is 1. The molecule has 0 aliphatic carbocycles. The van der Waals surface area contributed by atoms with E-state index in [0.29, 0.717) is 17.8 Å². The molecule has 1 aromatic heterocycles. The lowest BCUT2D eigenvalue weighted by atomic mass is 10.1. The number of ketones is 1. The fourth-order valence-electron chi connectivity index (χ4n) is 2.45. The van der Waals surface area contributed by atoms with Crippen LogP contribution in [0.15, 0.2) is 79.1 Å². The van der Waals surface area contributed by atoms with Gasteiger partial charge in [-0.3, -0.25) is 4.79 Å². The molecule has 3 N–H and O–H groups in total. The number of pyridine rings is 1. The van der Waals surface area contributed by atoms with E-state index in [0.717, 1.165) is 12.2 Å². The molecule has 3 aromatic rings. The Hall–Kier alpha value is -3.14. The predicted molar refractivity (Wildman–Crippen MR) is 95.6 cm³/mol. The molecule has 4 heteroatoms. The minimum Gasteiger partial charge on any atom is -0.399 e. The Labute approximate surface area is 141 Å². The van der Waals surface area contributed by atoms with Crippen LogP contribution in [0.5, 0.6) is 0 Å². The lowest BCUT2D eigenvalue weighted by Gasteiger charge is -2.05. The minimum atomic E-state index is 0.0392. The Morgan fingerprint density at radius 3 is 2.42 bits per heavy atom. The third kappa shape index (κ3) is 4.20. The van der Waals surface area contributed by atoms with E-state index in [1.54, 1.807) is 24.3 Å². The summed E-state index contributed by atoms with van der Waals surface area (Å²) in [6.07, 6.45) is 3.80. The van der Waals surface area contributed by atoms with Crippen molar-refractivity contribution in [2.45, 2.75) is 13.1 Å². The highest BCUT2D eigenvalue weighted by Crippen LogP contribution is 2.09. The summed E-state index contributed by atoms with van der Waals surface area (Å²) in [7, 11) is 0. The van der Waals surface area contributed by atoms with Crippen molar-refractivity contribution >= 4 is 17.2 Å². The third-order valence-corrected chi connectivity index (χ3v) is 3.77. The quantitative estimate of drug-likeness (QED) is 0.417. The molecule has 0 aliphatic heterocycles. The lowest BCUT2D eigenvalue weighted by molar-refractivity contribution is -0.683. The molecule has 0 saturated heterocycles. The number of hydrogen-bond acceptors (Lipinski definition) is 3. The van der Waals surface area contributed by atoms with Gasteiger partial charge in [0, 0.05) is 35.6 Å². The summed E-state index contributed by atoms with van der Waals surface area (Å²) in [6.45, 7) is 1.06. The average molecular weight is 318 g/mol. The van der Waals surface area contributed by atoms with Crippen LogP contribution < -0.4 is 15.6 Å². The fourth-order valence-corrected chi connectivity index (χ4v) is 2.45. The number of Topliss-reactive ketones (excluding diaryl/α,β-unsaturated/α-hetero) is 1. The largest absolute Gasteiger partial charge is 0.399 e. The summed E-state index contributed by atoms with van der Waals surface area (Å²) in [5.74, 6) is 0.0392. The zero-order valence-corrected chi connectivity index (χ0v) is 13.4. The molecule has 0 amide bonds. The Kier molecular flexibility index (Phi) is 4.87. The van der Waals surface area contributed by atoms with Gasteiger partial charge < -0.3 is 11.1 Å². The van der Waals surface area contributed by atoms with Gasteiger partial charge in [0.1, 0.15) is 0 Å². The number of carbonyl (C=O) groups is 1. The molecule has 3 rings (SSSR count). The van der Waals surface area contributed by atoms with Crippen LogP contribution in [0.2, 0.25) is 0 Å². The van der Waals surface area contributed by atoms with Crippen LogP contribution in [0.4, 0.5) is 11.4 Å². The van der Waals surface area contributed by atoms with Crippen molar-refractivity contribution in [1.29, 1.82) is 0 Å². The number of benzene rings is 2. The van der Waals surface area contributed by atoms with Crippen LogP contribution in [-0.2, 0) is 13.1 Å². The first-order valence-electron chi connectivity index (χ1n) is 7.86. The van der Waals surface area contributed by atoms with E-state index in [-0.39, 0.29) is 5.78 Å². The summed E-state index contributed by atoms with van der Waals surface area (Å²) in [4.78, 5) is 12.3. The maximum atomic E-state index is 12.3. The topological polar surface area (TPSA) is 59.0 Å². The van der Waals surface area contributed by atoms with Crippen molar-refractivity contribution in [3.63, 3.8) is 0 Å². The van der Waals surface area contributed by atoms with Crippen LogP contribution in [0.1, 0.15) is 15.9 Å². The molecule has 120 valence electrons. The van der Waals surface area contributed by atoms with E-state index in [1.807, 2.05) is 47.3 Å². The second-order valence-electron chi connectivity index (χ2n) is 5.65. The number of rotatable bonds is 6. The van der Waals surface area contributed by atoms with Crippen molar-refractivity contribution in [1.82, 2.24) is 0 Å². The number of nitrogens with zero attached hydrogens (tertiary/aromatic N) is 1. The number of nitrogens with two attached hydrogens (primary N) is 1. The average Bonchev–Trinajstić information content (AvgIpc) is 2.62. The molecule has 0 unspecified atom stereocenters. The Morgan fingerprint density at radius 2 is 1.71 bits per heavy atom. The number of nitrogens with one attached hydrogen (secondary N) is 1. The van der Waals surface area contributed by atoms with Crippen molar-refractivity contribution in [3.05, 3.63) is 90.3 Å². The predicted octanol–water partition coefficient (Wildman–Crippen LogP) is 3.05. The van der Waals surface area contributed by atoms with E-state index in [2.05, 4.69) is 17.4 Å². The molecule has 1 heterocycles. The van der Waals surface area contributed by atoms with Gasteiger partial charge in [-0.25, -0.2) is 0 Å². The normalized spacial score (nSPS) is 10.3. The first-order valence-corrected chi connectivity index (χ1v) is 7.86. The van der Waals surface area contributed by atoms with Gasteiger partial charge in [-0.1, -0.05) is 42.5 Å². The number of anilines is 2. The standard InChI is InChI=1S/C20H19N3O/c21-18-8-4-7-17(13-18)20(24)15-23-11-9-19(10-12-23)22-14-16-5-2-1-3-6-16/h1-13H,14-15,21H2/p+1.